The zero-order valence-corrected chi connectivity index (χ0v) is 15.3. The molecule has 0 saturated carbocycles. The van der Waals surface area contributed by atoms with Gasteiger partial charge in [-0.2, -0.15) is 16.3 Å². The predicted molar refractivity (Wildman–Crippen MR) is 92.7 cm³/mol. The number of nitrogens with zero attached hydrogens (tertiary/aromatic N) is 4. The van der Waals surface area contributed by atoms with Crippen LogP contribution >= 0.6 is 11.3 Å². The number of carbonyl (C=O) groups is 1. The molecule has 1 atom stereocenters. The topological polar surface area (TPSA) is 62.5 Å². The van der Waals surface area contributed by atoms with Crippen molar-refractivity contribution in [2.75, 3.05) is 20.1 Å². The maximum absolute atomic E-state index is 12.5. The summed E-state index contributed by atoms with van der Waals surface area (Å²) in [5.74, 6) is 1.72. The predicted octanol–water partition coefficient (Wildman–Crippen LogP) is 3.05. The quantitative estimate of drug-likeness (QED) is 0.803. The summed E-state index contributed by atoms with van der Waals surface area (Å²) in [6, 6.07) is 2.14. The van der Waals surface area contributed by atoms with Gasteiger partial charge in [0, 0.05) is 19.5 Å². The minimum atomic E-state index is 0.0831. The molecule has 3 heterocycles. The monoisotopic (exact) mass is 348 g/mol. The van der Waals surface area contributed by atoms with Crippen LogP contribution in [0.5, 0.6) is 0 Å². The third-order valence-electron chi connectivity index (χ3n) is 4.38. The fourth-order valence-electron chi connectivity index (χ4n) is 2.96. The van der Waals surface area contributed by atoms with Gasteiger partial charge < -0.3 is 9.42 Å². The van der Waals surface area contributed by atoms with Crippen LogP contribution in [0.4, 0.5) is 0 Å². The van der Waals surface area contributed by atoms with Crippen molar-refractivity contribution in [3.63, 3.8) is 0 Å². The van der Waals surface area contributed by atoms with Crippen LogP contribution in [0.3, 0.4) is 0 Å². The lowest BCUT2D eigenvalue weighted by Gasteiger charge is -2.24. The Morgan fingerprint density at radius 2 is 2.38 bits per heavy atom. The summed E-state index contributed by atoms with van der Waals surface area (Å²) >= 11 is 1.65. The molecule has 3 rings (SSSR count). The molecule has 1 saturated heterocycles. The van der Waals surface area contributed by atoms with Crippen LogP contribution < -0.4 is 0 Å². The molecule has 2 aromatic heterocycles. The van der Waals surface area contributed by atoms with Crippen molar-refractivity contribution in [3.05, 3.63) is 34.1 Å². The van der Waals surface area contributed by atoms with Gasteiger partial charge in [0.1, 0.15) is 0 Å². The SMILES string of the molecule is CC(C)c1nc([C@@H]2CCCN2CC(=O)N(C)Cc2ccsc2)no1. The zero-order chi connectivity index (χ0) is 17.1. The van der Waals surface area contributed by atoms with E-state index in [4.69, 9.17) is 4.52 Å². The zero-order valence-electron chi connectivity index (χ0n) is 14.4. The van der Waals surface area contributed by atoms with E-state index in [1.807, 2.05) is 26.3 Å². The van der Waals surface area contributed by atoms with Gasteiger partial charge in [-0.15, -0.1) is 0 Å². The summed E-state index contributed by atoms with van der Waals surface area (Å²) in [7, 11) is 1.86. The van der Waals surface area contributed by atoms with Crippen molar-refractivity contribution < 1.29 is 9.32 Å². The molecule has 6 nitrogen and oxygen atoms in total. The second-order valence-corrected chi connectivity index (χ2v) is 7.44. The average molecular weight is 348 g/mol. The number of aromatic nitrogens is 2. The van der Waals surface area contributed by atoms with Gasteiger partial charge in [-0.25, -0.2) is 0 Å². The van der Waals surface area contributed by atoms with E-state index in [1.54, 1.807) is 16.2 Å². The first-order valence-electron chi connectivity index (χ1n) is 8.37. The van der Waals surface area contributed by atoms with Crippen molar-refractivity contribution in [3.8, 4) is 0 Å². The molecular weight excluding hydrogens is 324 g/mol. The first-order valence-corrected chi connectivity index (χ1v) is 9.31. The molecule has 24 heavy (non-hydrogen) atoms. The molecule has 2 aromatic rings. The Balaban J connectivity index is 1.61. The van der Waals surface area contributed by atoms with Crippen LogP contribution in [-0.2, 0) is 11.3 Å². The second kappa shape index (κ2) is 7.44. The van der Waals surface area contributed by atoms with Crippen LogP contribution in [0.25, 0.3) is 0 Å². The Morgan fingerprint density at radius 3 is 3.04 bits per heavy atom. The molecule has 0 radical (unpaired) electrons. The van der Waals surface area contributed by atoms with E-state index in [0.717, 1.165) is 19.4 Å². The van der Waals surface area contributed by atoms with E-state index < -0.39 is 0 Å². The first kappa shape index (κ1) is 17.1. The summed E-state index contributed by atoms with van der Waals surface area (Å²) in [5.41, 5.74) is 1.17. The van der Waals surface area contributed by atoms with E-state index in [1.165, 1.54) is 5.56 Å². The molecule has 0 spiro atoms. The van der Waals surface area contributed by atoms with Crippen LogP contribution in [0.1, 0.15) is 55.9 Å². The van der Waals surface area contributed by atoms with Crippen LogP contribution in [0.15, 0.2) is 21.3 Å². The van der Waals surface area contributed by atoms with Crippen molar-refractivity contribution >= 4 is 17.2 Å². The lowest BCUT2D eigenvalue weighted by Crippen LogP contribution is -2.38. The molecule has 1 fully saturated rings. The van der Waals surface area contributed by atoms with Crippen molar-refractivity contribution in [2.24, 2.45) is 0 Å². The van der Waals surface area contributed by atoms with Crippen LogP contribution in [0, 0.1) is 0 Å². The van der Waals surface area contributed by atoms with Gasteiger partial charge in [-0.1, -0.05) is 19.0 Å². The Kier molecular flexibility index (Phi) is 5.30. The molecule has 1 aliphatic rings. The fourth-order valence-corrected chi connectivity index (χ4v) is 3.62. The van der Waals surface area contributed by atoms with Gasteiger partial charge in [0.15, 0.2) is 5.82 Å². The lowest BCUT2D eigenvalue weighted by atomic mass is 10.2. The van der Waals surface area contributed by atoms with Gasteiger partial charge in [0.05, 0.1) is 12.6 Å². The number of hydrogen-bond acceptors (Lipinski definition) is 6. The first-order chi connectivity index (χ1) is 11.5. The molecule has 0 aromatic carbocycles. The van der Waals surface area contributed by atoms with Gasteiger partial charge in [-0.05, 0) is 41.8 Å². The average Bonchev–Trinajstić information content (AvgIpc) is 3.27. The Bertz CT molecular complexity index is 668. The number of likely N-dealkylation sites (tertiary alicyclic amines) is 1. The van der Waals surface area contributed by atoms with Gasteiger partial charge in [0.25, 0.3) is 0 Å². The third-order valence-corrected chi connectivity index (χ3v) is 5.11. The number of hydrogen-bond donors (Lipinski definition) is 0. The minimum absolute atomic E-state index is 0.0831. The standard InChI is InChI=1S/C17H24N4O2S/c1-12(2)17-18-16(19-23-17)14-5-4-7-21(14)10-15(22)20(3)9-13-6-8-24-11-13/h6,8,11-12,14H,4-5,7,9-10H2,1-3H3/t14-/m0/s1. The summed E-state index contributed by atoms with van der Waals surface area (Å²) < 4.78 is 5.33. The molecule has 0 bridgehead atoms. The normalized spacial score (nSPS) is 18.4. The molecule has 7 heteroatoms. The van der Waals surface area contributed by atoms with E-state index in [-0.39, 0.29) is 17.9 Å². The van der Waals surface area contributed by atoms with Gasteiger partial charge in [0.2, 0.25) is 11.8 Å². The van der Waals surface area contributed by atoms with E-state index in [9.17, 15) is 4.79 Å². The second-order valence-electron chi connectivity index (χ2n) is 6.66. The summed E-state index contributed by atoms with van der Waals surface area (Å²) in [6.45, 7) is 6.02. The summed E-state index contributed by atoms with van der Waals surface area (Å²) in [4.78, 5) is 21.0. The minimum Gasteiger partial charge on any atom is -0.340 e. The van der Waals surface area contributed by atoms with Crippen LogP contribution in [0.2, 0.25) is 0 Å². The summed E-state index contributed by atoms with van der Waals surface area (Å²) in [6.07, 6.45) is 2.02. The van der Waals surface area contributed by atoms with Crippen molar-refractivity contribution in [2.45, 2.75) is 45.2 Å². The Morgan fingerprint density at radius 1 is 1.54 bits per heavy atom. The summed E-state index contributed by atoms with van der Waals surface area (Å²) in [5, 5.41) is 8.24. The molecule has 1 amide bonds. The van der Waals surface area contributed by atoms with Crippen molar-refractivity contribution in [1.29, 1.82) is 0 Å². The lowest BCUT2D eigenvalue weighted by molar-refractivity contribution is -0.131. The van der Waals surface area contributed by atoms with Crippen LogP contribution in [-0.4, -0.2) is 46.0 Å². The highest BCUT2D eigenvalue weighted by Gasteiger charge is 2.32. The molecule has 0 unspecified atom stereocenters. The largest absolute Gasteiger partial charge is 0.340 e. The Labute approximate surface area is 146 Å². The molecular formula is C17H24N4O2S. The third kappa shape index (κ3) is 3.84. The number of rotatable bonds is 6. The fraction of sp³-hybridized carbons (Fsp3) is 0.588. The maximum Gasteiger partial charge on any atom is 0.236 e. The molecule has 1 aliphatic heterocycles. The van der Waals surface area contributed by atoms with Gasteiger partial charge >= 0.3 is 0 Å². The number of likely N-dealkylation sites (N-methyl/N-ethyl adjacent to an activating group) is 1. The highest BCUT2D eigenvalue weighted by atomic mass is 32.1. The van der Waals surface area contributed by atoms with E-state index in [2.05, 4.69) is 26.5 Å². The van der Waals surface area contributed by atoms with E-state index >= 15 is 0 Å². The highest BCUT2D eigenvalue weighted by molar-refractivity contribution is 7.07. The number of thiophene rings is 1. The maximum atomic E-state index is 12.5. The molecule has 0 N–H and O–H groups in total. The highest BCUT2D eigenvalue weighted by Crippen LogP contribution is 2.30. The van der Waals surface area contributed by atoms with Gasteiger partial charge in [-0.3, -0.25) is 9.69 Å². The van der Waals surface area contributed by atoms with Crippen molar-refractivity contribution in [1.82, 2.24) is 19.9 Å². The Hall–Kier alpha value is -1.73. The molecule has 0 aliphatic carbocycles. The number of amides is 1. The molecule has 130 valence electrons. The smallest absolute Gasteiger partial charge is 0.236 e. The number of carbonyl (C=O) groups excluding carboxylic acids is 1. The van der Waals surface area contributed by atoms with E-state index in [0.29, 0.717) is 24.8 Å².